The molecule has 114 valence electrons. The highest BCUT2D eigenvalue weighted by Gasteiger charge is 2.20. The fraction of sp³-hybridized carbons (Fsp3) is 0.312. The zero-order valence-corrected chi connectivity index (χ0v) is 12.2. The number of nitrogens with zero attached hydrogens (tertiary/aromatic N) is 2. The summed E-state index contributed by atoms with van der Waals surface area (Å²) >= 11 is 0. The number of anilines is 1. The monoisotopic (exact) mass is 299 g/mol. The van der Waals surface area contributed by atoms with E-state index in [-0.39, 0.29) is 11.5 Å². The fourth-order valence-electron chi connectivity index (χ4n) is 2.62. The van der Waals surface area contributed by atoms with Crippen LogP contribution in [0.1, 0.15) is 40.0 Å². The second-order valence-corrected chi connectivity index (χ2v) is 5.67. The molecule has 0 aliphatic carbocycles. The Morgan fingerprint density at radius 1 is 1.41 bits per heavy atom. The Hall–Kier alpha value is -2.63. The van der Waals surface area contributed by atoms with Gasteiger partial charge < -0.3 is 15.0 Å². The minimum atomic E-state index is -1.03. The van der Waals surface area contributed by atoms with Gasteiger partial charge in [0.25, 0.3) is 5.91 Å². The van der Waals surface area contributed by atoms with Gasteiger partial charge in [0.2, 0.25) is 0 Å². The molecule has 0 spiro atoms. The van der Waals surface area contributed by atoms with E-state index in [1.807, 2.05) is 4.57 Å². The number of nitrogens with one attached hydrogen (secondary N) is 1. The maximum Gasteiger partial charge on any atom is 0.335 e. The number of amides is 1. The summed E-state index contributed by atoms with van der Waals surface area (Å²) in [6, 6.07) is 6.16. The lowest BCUT2D eigenvalue weighted by Crippen LogP contribution is -2.16. The molecule has 6 nitrogen and oxygen atoms in total. The Morgan fingerprint density at radius 3 is 3.00 bits per heavy atom. The fourth-order valence-corrected chi connectivity index (χ4v) is 2.62. The number of aromatic nitrogens is 2. The number of hydrogen-bond donors (Lipinski definition) is 2. The van der Waals surface area contributed by atoms with E-state index in [1.165, 1.54) is 12.1 Å². The third-order valence-electron chi connectivity index (χ3n) is 3.85. The molecule has 1 unspecified atom stereocenters. The summed E-state index contributed by atoms with van der Waals surface area (Å²) in [5.74, 6) is 0.167. The first-order valence-electron chi connectivity index (χ1n) is 7.23. The molecule has 6 heteroatoms. The Labute approximate surface area is 127 Å². The Balaban J connectivity index is 1.77. The molecular formula is C16H17N3O3. The standard InChI is InChI=1S/C16H17N3O3/c1-10-5-6-19-9-13(18-14(19)7-10)15(20)17-12-4-2-3-11(8-12)16(21)22/h2-4,8-10H,5-7H2,1H3,(H,17,20)(H,21,22). The highest BCUT2D eigenvalue weighted by Crippen LogP contribution is 2.20. The largest absolute Gasteiger partial charge is 0.478 e. The van der Waals surface area contributed by atoms with E-state index in [2.05, 4.69) is 17.2 Å². The number of aromatic carboxylic acids is 1. The molecule has 1 atom stereocenters. The highest BCUT2D eigenvalue weighted by molar-refractivity contribution is 6.03. The SMILES string of the molecule is CC1CCn2cc(C(=O)Nc3cccc(C(=O)O)c3)nc2C1. The van der Waals surface area contributed by atoms with Crippen molar-refractivity contribution in [1.82, 2.24) is 9.55 Å². The van der Waals surface area contributed by atoms with Gasteiger partial charge in [0.1, 0.15) is 11.5 Å². The van der Waals surface area contributed by atoms with E-state index in [9.17, 15) is 9.59 Å². The van der Waals surface area contributed by atoms with Crippen LogP contribution in [0.2, 0.25) is 0 Å². The molecular weight excluding hydrogens is 282 g/mol. The van der Waals surface area contributed by atoms with Crippen LogP contribution in [0, 0.1) is 5.92 Å². The minimum absolute atomic E-state index is 0.135. The second kappa shape index (κ2) is 5.63. The number of carbonyl (C=O) groups is 2. The first kappa shape index (κ1) is 14.3. The van der Waals surface area contributed by atoms with Crippen molar-refractivity contribution in [3.63, 3.8) is 0 Å². The summed E-state index contributed by atoms with van der Waals surface area (Å²) in [5.41, 5.74) is 0.949. The van der Waals surface area contributed by atoms with Crippen LogP contribution in [0.5, 0.6) is 0 Å². The molecule has 2 aromatic rings. The zero-order valence-electron chi connectivity index (χ0n) is 12.2. The normalized spacial score (nSPS) is 16.9. The Bertz CT molecular complexity index is 736. The second-order valence-electron chi connectivity index (χ2n) is 5.67. The van der Waals surface area contributed by atoms with Crippen LogP contribution in [-0.4, -0.2) is 26.5 Å². The molecule has 1 aromatic heterocycles. The van der Waals surface area contributed by atoms with E-state index in [4.69, 9.17) is 5.11 Å². The van der Waals surface area contributed by atoms with E-state index in [1.54, 1.807) is 18.3 Å². The maximum atomic E-state index is 12.3. The van der Waals surface area contributed by atoms with Crippen molar-refractivity contribution in [2.24, 2.45) is 5.92 Å². The number of rotatable bonds is 3. The van der Waals surface area contributed by atoms with E-state index < -0.39 is 5.97 Å². The molecule has 2 heterocycles. The Kier molecular flexibility index (Phi) is 3.66. The average Bonchev–Trinajstić information content (AvgIpc) is 2.90. The number of aryl methyl sites for hydroxylation is 1. The zero-order chi connectivity index (χ0) is 15.7. The number of carboxylic acids is 1. The lowest BCUT2D eigenvalue weighted by Gasteiger charge is -2.18. The molecule has 0 saturated heterocycles. The summed E-state index contributed by atoms with van der Waals surface area (Å²) in [5, 5.41) is 11.7. The predicted molar refractivity (Wildman–Crippen MR) is 81.1 cm³/mol. The van der Waals surface area contributed by atoms with Crippen LogP contribution < -0.4 is 5.32 Å². The lowest BCUT2D eigenvalue weighted by atomic mass is 10.0. The lowest BCUT2D eigenvalue weighted by molar-refractivity contribution is 0.0696. The minimum Gasteiger partial charge on any atom is -0.478 e. The molecule has 0 fully saturated rings. The summed E-state index contributed by atoms with van der Waals surface area (Å²) in [4.78, 5) is 27.6. The highest BCUT2D eigenvalue weighted by atomic mass is 16.4. The van der Waals surface area contributed by atoms with Crippen LogP contribution in [0.25, 0.3) is 0 Å². The molecule has 0 radical (unpaired) electrons. The van der Waals surface area contributed by atoms with Gasteiger partial charge in [-0.1, -0.05) is 13.0 Å². The van der Waals surface area contributed by atoms with Crippen molar-refractivity contribution in [1.29, 1.82) is 0 Å². The van der Waals surface area contributed by atoms with Crippen molar-refractivity contribution in [2.45, 2.75) is 26.3 Å². The van der Waals surface area contributed by atoms with Crippen molar-refractivity contribution < 1.29 is 14.7 Å². The summed E-state index contributed by atoms with van der Waals surface area (Å²) in [6.07, 6.45) is 3.73. The van der Waals surface area contributed by atoms with Gasteiger partial charge in [0.05, 0.1) is 5.56 Å². The van der Waals surface area contributed by atoms with Crippen LogP contribution in [-0.2, 0) is 13.0 Å². The molecule has 2 N–H and O–H groups in total. The van der Waals surface area contributed by atoms with Crippen LogP contribution in [0.15, 0.2) is 30.5 Å². The third kappa shape index (κ3) is 2.86. The van der Waals surface area contributed by atoms with Crippen molar-refractivity contribution in [3.05, 3.63) is 47.5 Å². The number of benzene rings is 1. The van der Waals surface area contributed by atoms with Crippen LogP contribution in [0.4, 0.5) is 5.69 Å². The van der Waals surface area contributed by atoms with Gasteiger partial charge in [-0.3, -0.25) is 4.79 Å². The summed E-state index contributed by atoms with van der Waals surface area (Å²) in [7, 11) is 0. The quantitative estimate of drug-likeness (QED) is 0.911. The van der Waals surface area contributed by atoms with Gasteiger partial charge in [-0.25, -0.2) is 9.78 Å². The predicted octanol–water partition coefficient (Wildman–Crippen LogP) is 2.42. The molecule has 0 bridgehead atoms. The van der Waals surface area contributed by atoms with E-state index in [0.717, 1.165) is 25.2 Å². The summed E-state index contributed by atoms with van der Waals surface area (Å²) < 4.78 is 2.02. The molecule has 0 saturated carbocycles. The van der Waals surface area contributed by atoms with Gasteiger partial charge in [-0.15, -0.1) is 0 Å². The Morgan fingerprint density at radius 2 is 2.23 bits per heavy atom. The van der Waals surface area contributed by atoms with Gasteiger partial charge in [0.15, 0.2) is 0 Å². The molecule has 1 amide bonds. The molecule has 3 rings (SSSR count). The van der Waals surface area contributed by atoms with Gasteiger partial charge >= 0.3 is 5.97 Å². The van der Waals surface area contributed by atoms with Gasteiger partial charge in [-0.2, -0.15) is 0 Å². The number of hydrogen-bond acceptors (Lipinski definition) is 3. The van der Waals surface area contributed by atoms with Crippen LogP contribution >= 0.6 is 0 Å². The summed E-state index contributed by atoms with van der Waals surface area (Å²) in [6.45, 7) is 3.06. The van der Waals surface area contributed by atoms with Gasteiger partial charge in [-0.05, 0) is 30.5 Å². The maximum absolute atomic E-state index is 12.3. The number of carboxylic acid groups (broad SMARTS) is 1. The van der Waals surface area contributed by atoms with E-state index >= 15 is 0 Å². The average molecular weight is 299 g/mol. The van der Waals surface area contributed by atoms with Crippen LogP contribution in [0.3, 0.4) is 0 Å². The van der Waals surface area contributed by atoms with E-state index in [0.29, 0.717) is 17.3 Å². The topological polar surface area (TPSA) is 84.2 Å². The molecule has 22 heavy (non-hydrogen) atoms. The first-order chi connectivity index (χ1) is 10.5. The van der Waals surface area contributed by atoms with Crippen molar-refractivity contribution >= 4 is 17.6 Å². The van der Waals surface area contributed by atoms with Gasteiger partial charge in [0, 0.05) is 24.8 Å². The molecule has 1 aliphatic rings. The van der Waals surface area contributed by atoms with Crippen molar-refractivity contribution in [2.75, 3.05) is 5.32 Å². The number of imidazole rings is 1. The first-order valence-corrected chi connectivity index (χ1v) is 7.23. The third-order valence-corrected chi connectivity index (χ3v) is 3.85. The molecule has 1 aliphatic heterocycles. The number of fused-ring (bicyclic) bond motifs is 1. The molecule has 1 aromatic carbocycles. The number of carbonyl (C=O) groups excluding carboxylic acids is 1. The van der Waals surface area contributed by atoms with Crippen molar-refractivity contribution in [3.8, 4) is 0 Å². The smallest absolute Gasteiger partial charge is 0.335 e.